The summed E-state index contributed by atoms with van der Waals surface area (Å²) in [6.07, 6.45) is 1.72. The summed E-state index contributed by atoms with van der Waals surface area (Å²) in [6, 6.07) is 13.4. The van der Waals surface area contributed by atoms with Crippen molar-refractivity contribution in [3.8, 4) is 17.0 Å². The number of benzene rings is 1. The molecule has 0 saturated heterocycles. The van der Waals surface area contributed by atoms with Gasteiger partial charge in [0.25, 0.3) is 0 Å². The smallest absolute Gasteiger partial charge is 0.223 e. The third-order valence-electron chi connectivity index (χ3n) is 3.91. The van der Waals surface area contributed by atoms with Crippen molar-refractivity contribution in [1.29, 1.82) is 0 Å². The predicted octanol–water partition coefficient (Wildman–Crippen LogP) is 2.51. The van der Waals surface area contributed by atoms with Crippen LogP contribution < -0.4 is 10.1 Å². The lowest BCUT2D eigenvalue weighted by atomic mass is 10.1. The van der Waals surface area contributed by atoms with E-state index in [1.807, 2.05) is 49.4 Å². The largest absolute Gasteiger partial charge is 0.497 e. The van der Waals surface area contributed by atoms with E-state index < -0.39 is 0 Å². The Labute approximate surface area is 149 Å². The summed E-state index contributed by atoms with van der Waals surface area (Å²) in [7, 11) is 1.65. The van der Waals surface area contributed by atoms with Crippen LogP contribution in [0.5, 0.6) is 5.75 Å². The van der Waals surface area contributed by atoms with Crippen molar-refractivity contribution in [3.63, 3.8) is 0 Å². The van der Waals surface area contributed by atoms with Gasteiger partial charge in [-0.3, -0.25) is 0 Å². The van der Waals surface area contributed by atoms with E-state index in [-0.39, 0.29) is 0 Å². The van der Waals surface area contributed by atoms with Crippen molar-refractivity contribution < 1.29 is 4.74 Å². The second kappa shape index (κ2) is 6.75. The van der Waals surface area contributed by atoms with Crippen LogP contribution in [-0.2, 0) is 6.54 Å². The van der Waals surface area contributed by atoms with Gasteiger partial charge in [0.1, 0.15) is 5.75 Å². The summed E-state index contributed by atoms with van der Waals surface area (Å²) in [4.78, 5) is 8.83. The van der Waals surface area contributed by atoms with Crippen LogP contribution in [0.15, 0.2) is 48.7 Å². The molecule has 0 aliphatic carbocycles. The van der Waals surface area contributed by atoms with Gasteiger partial charge in [-0.25, -0.2) is 9.97 Å². The molecule has 0 radical (unpaired) electrons. The average molecular weight is 347 g/mol. The molecule has 0 fully saturated rings. The Morgan fingerprint density at radius 1 is 1.04 bits per heavy atom. The standard InChI is InChI=1S/C18H17N7O/c1-12-3-8-16-22-23-17(25(16)24-12)11-20-18-19-10-9-15(21-18)13-4-6-14(26-2)7-5-13/h3-10H,11H2,1-2H3,(H,19,20,21). The minimum atomic E-state index is 0.420. The fourth-order valence-corrected chi connectivity index (χ4v) is 2.56. The zero-order valence-electron chi connectivity index (χ0n) is 14.4. The Morgan fingerprint density at radius 2 is 1.88 bits per heavy atom. The SMILES string of the molecule is COc1ccc(-c2ccnc(NCc3nnc4ccc(C)nn34)n2)cc1. The van der Waals surface area contributed by atoms with Gasteiger partial charge in [0.15, 0.2) is 11.5 Å². The molecule has 3 heterocycles. The summed E-state index contributed by atoms with van der Waals surface area (Å²) in [6.45, 7) is 2.35. The number of hydrogen-bond donors (Lipinski definition) is 1. The molecule has 0 aliphatic rings. The predicted molar refractivity (Wildman–Crippen MR) is 96.9 cm³/mol. The quantitative estimate of drug-likeness (QED) is 0.593. The van der Waals surface area contributed by atoms with Crippen LogP contribution in [0.2, 0.25) is 0 Å². The first-order valence-electron chi connectivity index (χ1n) is 8.12. The maximum absolute atomic E-state index is 5.19. The Hall–Kier alpha value is -3.55. The van der Waals surface area contributed by atoms with Crippen LogP contribution in [0, 0.1) is 6.92 Å². The number of aromatic nitrogens is 6. The van der Waals surface area contributed by atoms with Gasteiger partial charge in [-0.1, -0.05) is 0 Å². The molecule has 0 spiro atoms. The molecule has 0 aliphatic heterocycles. The molecule has 0 atom stereocenters. The van der Waals surface area contributed by atoms with Gasteiger partial charge in [-0.2, -0.15) is 9.61 Å². The maximum atomic E-state index is 5.19. The molecule has 26 heavy (non-hydrogen) atoms. The van der Waals surface area contributed by atoms with Gasteiger partial charge in [0.2, 0.25) is 5.95 Å². The van der Waals surface area contributed by atoms with Crippen LogP contribution in [0.3, 0.4) is 0 Å². The highest BCUT2D eigenvalue weighted by molar-refractivity contribution is 5.60. The first kappa shape index (κ1) is 15.9. The van der Waals surface area contributed by atoms with Gasteiger partial charge in [-0.05, 0) is 49.4 Å². The van der Waals surface area contributed by atoms with Gasteiger partial charge in [-0.15, -0.1) is 10.2 Å². The maximum Gasteiger partial charge on any atom is 0.223 e. The van der Waals surface area contributed by atoms with Crippen molar-refractivity contribution in [3.05, 3.63) is 60.2 Å². The zero-order chi connectivity index (χ0) is 17.9. The van der Waals surface area contributed by atoms with E-state index in [2.05, 4.69) is 30.6 Å². The molecule has 4 rings (SSSR count). The second-order valence-electron chi connectivity index (χ2n) is 5.71. The molecule has 0 saturated carbocycles. The van der Waals surface area contributed by atoms with E-state index in [1.165, 1.54) is 0 Å². The zero-order valence-corrected chi connectivity index (χ0v) is 14.4. The Morgan fingerprint density at radius 3 is 2.69 bits per heavy atom. The summed E-state index contributed by atoms with van der Waals surface area (Å²) in [5.41, 5.74) is 3.42. The van der Waals surface area contributed by atoms with Gasteiger partial charge in [0.05, 0.1) is 25.0 Å². The lowest BCUT2D eigenvalue weighted by Gasteiger charge is -2.06. The fourth-order valence-electron chi connectivity index (χ4n) is 2.56. The first-order chi connectivity index (χ1) is 12.7. The van der Waals surface area contributed by atoms with Crippen molar-refractivity contribution >= 4 is 11.6 Å². The number of aryl methyl sites for hydroxylation is 1. The van der Waals surface area contributed by atoms with E-state index >= 15 is 0 Å². The highest BCUT2D eigenvalue weighted by Gasteiger charge is 2.08. The monoisotopic (exact) mass is 347 g/mol. The lowest BCUT2D eigenvalue weighted by molar-refractivity contribution is 0.415. The van der Waals surface area contributed by atoms with Crippen molar-refractivity contribution in [2.45, 2.75) is 13.5 Å². The van der Waals surface area contributed by atoms with E-state index in [9.17, 15) is 0 Å². The fraction of sp³-hybridized carbons (Fsp3) is 0.167. The van der Waals surface area contributed by atoms with E-state index in [0.29, 0.717) is 24.0 Å². The van der Waals surface area contributed by atoms with Gasteiger partial charge < -0.3 is 10.1 Å². The number of fused-ring (bicyclic) bond motifs is 1. The first-order valence-corrected chi connectivity index (χ1v) is 8.12. The number of methoxy groups -OCH3 is 1. The lowest BCUT2D eigenvalue weighted by Crippen LogP contribution is -2.08. The minimum absolute atomic E-state index is 0.420. The highest BCUT2D eigenvalue weighted by Crippen LogP contribution is 2.21. The van der Waals surface area contributed by atoms with Crippen LogP contribution in [0.25, 0.3) is 16.9 Å². The highest BCUT2D eigenvalue weighted by atomic mass is 16.5. The molecule has 130 valence electrons. The molecule has 1 aromatic carbocycles. The van der Waals surface area contributed by atoms with Crippen LogP contribution in [0.4, 0.5) is 5.95 Å². The van der Waals surface area contributed by atoms with Crippen LogP contribution in [0.1, 0.15) is 11.5 Å². The van der Waals surface area contributed by atoms with Crippen LogP contribution in [-0.4, -0.2) is 36.9 Å². The summed E-state index contributed by atoms with van der Waals surface area (Å²) >= 11 is 0. The third kappa shape index (κ3) is 3.16. The van der Waals surface area contributed by atoms with E-state index in [0.717, 1.165) is 22.7 Å². The molecule has 0 unspecified atom stereocenters. The van der Waals surface area contributed by atoms with Crippen molar-refractivity contribution in [2.75, 3.05) is 12.4 Å². The number of rotatable bonds is 5. The molecule has 3 aromatic heterocycles. The number of hydrogen-bond acceptors (Lipinski definition) is 7. The number of ether oxygens (including phenoxy) is 1. The van der Waals surface area contributed by atoms with E-state index in [4.69, 9.17) is 4.74 Å². The number of nitrogens with zero attached hydrogens (tertiary/aromatic N) is 6. The molecular formula is C18H17N7O. The van der Waals surface area contributed by atoms with Gasteiger partial charge in [0, 0.05) is 11.8 Å². The number of anilines is 1. The molecular weight excluding hydrogens is 330 g/mol. The Kier molecular flexibility index (Phi) is 4.14. The summed E-state index contributed by atoms with van der Waals surface area (Å²) in [5, 5.41) is 15.9. The third-order valence-corrected chi connectivity index (χ3v) is 3.91. The van der Waals surface area contributed by atoms with Gasteiger partial charge >= 0.3 is 0 Å². The molecule has 4 aromatic rings. The van der Waals surface area contributed by atoms with Crippen molar-refractivity contribution in [1.82, 2.24) is 29.8 Å². The molecule has 0 amide bonds. The topological polar surface area (TPSA) is 90.1 Å². The Balaban J connectivity index is 1.54. The van der Waals surface area contributed by atoms with Crippen LogP contribution >= 0.6 is 0 Å². The average Bonchev–Trinajstić information content (AvgIpc) is 3.09. The molecule has 8 heteroatoms. The van der Waals surface area contributed by atoms with Crippen molar-refractivity contribution in [2.24, 2.45) is 0 Å². The number of nitrogens with one attached hydrogen (secondary N) is 1. The Bertz CT molecular complexity index is 1040. The second-order valence-corrected chi connectivity index (χ2v) is 5.71. The molecule has 1 N–H and O–H groups in total. The minimum Gasteiger partial charge on any atom is -0.497 e. The summed E-state index contributed by atoms with van der Waals surface area (Å²) in [5.74, 6) is 2.02. The molecule has 0 bridgehead atoms. The normalized spacial score (nSPS) is 10.8. The molecule has 8 nitrogen and oxygen atoms in total. The summed E-state index contributed by atoms with van der Waals surface area (Å²) < 4.78 is 6.90. The van der Waals surface area contributed by atoms with E-state index in [1.54, 1.807) is 17.8 Å².